The fourth-order valence-electron chi connectivity index (χ4n) is 4.32. The van der Waals surface area contributed by atoms with Crippen molar-refractivity contribution >= 4 is 25.7 Å². The van der Waals surface area contributed by atoms with Gasteiger partial charge in [0.05, 0.1) is 36.6 Å². The van der Waals surface area contributed by atoms with Crippen LogP contribution in [0.4, 0.5) is 13.2 Å². The van der Waals surface area contributed by atoms with Gasteiger partial charge in [-0.3, -0.25) is 4.52 Å². The van der Waals surface area contributed by atoms with Crippen molar-refractivity contribution in [1.29, 1.82) is 5.26 Å². The van der Waals surface area contributed by atoms with Crippen LogP contribution >= 0.6 is 19.6 Å². The van der Waals surface area contributed by atoms with Crippen molar-refractivity contribution in [1.82, 2.24) is 14.8 Å². The number of hydrogen-bond donors (Lipinski definition) is 2. The highest BCUT2D eigenvalue weighted by Crippen LogP contribution is 2.51. The molecule has 2 heterocycles. The molecule has 0 saturated carbocycles. The molecule has 4 rings (SSSR count). The number of benzene rings is 2. The topological polar surface area (TPSA) is 140 Å². The summed E-state index contributed by atoms with van der Waals surface area (Å²) in [6, 6.07) is 8.68. The molecule has 3 aromatic rings. The van der Waals surface area contributed by atoms with E-state index >= 15 is 4.39 Å². The molecule has 2 aromatic carbocycles. The Hall–Kier alpha value is -3.28. The number of allylic oxidation sites excluding steroid dienone is 2. The van der Waals surface area contributed by atoms with E-state index in [1.807, 2.05) is 6.07 Å². The Balaban J connectivity index is 1.46. The van der Waals surface area contributed by atoms with E-state index < -0.39 is 42.4 Å². The van der Waals surface area contributed by atoms with E-state index in [0.717, 1.165) is 18.2 Å². The molecule has 1 saturated heterocycles. The van der Waals surface area contributed by atoms with Crippen LogP contribution in [0.2, 0.25) is 0 Å². The Kier molecular flexibility index (Phi) is 10.4. The van der Waals surface area contributed by atoms with E-state index in [1.165, 1.54) is 47.3 Å². The summed E-state index contributed by atoms with van der Waals surface area (Å²) in [4.78, 5) is 23.5. The maximum absolute atomic E-state index is 15.1. The molecule has 1 aliphatic rings. The predicted octanol–water partition coefficient (Wildman–Crippen LogP) is 4.70. The molecule has 0 aliphatic carbocycles. The largest absolute Gasteiger partial charge is 0.470 e. The Morgan fingerprint density at radius 1 is 1.21 bits per heavy atom. The van der Waals surface area contributed by atoms with E-state index in [-0.39, 0.29) is 36.1 Å². The molecule has 1 aromatic heterocycles. The summed E-state index contributed by atoms with van der Waals surface area (Å²) in [6.45, 7) is 1.58. The van der Waals surface area contributed by atoms with E-state index in [1.54, 1.807) is 25.2 Å². The van der Waals surface area contributed by atoms with Gasteiger partial charge in [0.15, 0.2) is 6.29 Å². The highest BCUT2D eigenvalue weighted by molar-refractivity contribution is 8.00. The molecular weight excluding hydrogens is 596 g/mol. The van der Waals surface area contributed by atoms with Crippen molar-refractivity contribution < 1.29 is 41.5 Å². The minimum Gasteiger partial charge on any atom is -0.348 e. The zero-order chi connectivity index (χ0) is 30.3. The number of nitrogens with zero attached hydrogens (tertiary/aromatic N) is 4. The minimum absolute atomic E-state index is 0.166. The van der Waals surface area contributed by atoms with E-state index in [4.69, 9.17) is 19.3 Å². The lowest BCUT2D eigenvalue weighted by atomic mass is 9.90. The fraction of sp³-hybridized carbons (Fsp3) is 0.296. The number of aromatic nitrogens is 3. The van der Waals surface area contributed by atoms with Crippen LogP contribution in [-0.4, -0.2) is 54.6 Å². The molecule has 2 N–H and O–H groups in total. The van der Waals surface area contributed by atoms with Gasteiger partial charge in [-0.1, -0.05) is 37.3 Å². The molecule has 42 heavy (non-hydrogen) atoms. The third-order valence-corrected chi connectivity index (χ3v) is 8.27. The lowest BCUT2D eigenvalue weighted by Gasteiger charge is -2.40. The summed E-state index contributed by atoms with van der Waals surface area (Å²) in [5.74, 6) is -2.44. The van der Waals surface area contributed by atoms with Gasteiger partial charge in [-0.2, -0.15) is 10.4 Å². The first-order valence-corrected chi connectivity index (χ1v) is 14.9. The van der Waals surface area contributed by atoms with Crippen molar-refractivity contribution in [3.05, 3.63) is 101 Å². The van der Waals surface area contributed by atoms with Crippen molar-refractivity contribution in [2.45, 2.75) is 35.9 Å². The highest BCUT2D eigenvalue weighted by Gasteiger charge is 2.48. The maximum atomic E-state index is 15.1. The zero-order valence-electron chi connectivity index (χ0n) is 22.1. The van der Waals surface area contributed by atoms with Gasteiger partial charge in [0.25, 0.3) is 0 Å². The number of thioether (sulfide) groups is 1. The van der Waals surface area contributed by atoms with Crippen molar-refractivity contribution in [2.75, 3.05) is 13.2 Å². The van der Waals surface area contributed by atoms with Gasteiger partial charge >= 0.3 is 7.82 Å². The molecule has 15 heteroatoms. The smallest absolute Gasteiger partial charge is 0.348 e. The van der Waals surface area contributed by atoms with Crippen LogP contribution in [0, 0.1) is 28.8 Å². The molecule has 1 fully saturated rings. The van der Waals surface area contributed by atoms with Crippen molar-refractivity contribution in [3.8, 4) is 6.07 Å². The first-order valence-electron chi connectivity index (χ1n) is 12.5. The van der Waals surface area contributed by atoms with Gasteiger partial charge in [0.1, 0.15) is 35.7 Å². The summed E-state index contributed by atoms with van der Waals surface area (Å²) in [5.41, 5.74) is -1.75. The number of ether oxygens (including phenoxy) is 2. The van der Waals surface area contributed by atoms with E-state index in [9.17, 15) is 23.1 Å². The highest BCUT2D eigenvalue weighted by atomic mass is 32.2. The summed E-state index contributed by atoms with van der Waals surface area (Å²) in [7, 11) is -5.22. The van der Waals surface area contributed by atoms with Crippen molar-refractivity contribution in [2.24, 2.45) is 0 Å². The lowest BCUT2D eigenvalue weighted by molar-refractivity contribution is -0.146. The molecular formula is C27H26F3N4O6PS. The number of nitriles is 1. The number of halogens is 3. The van der Waals surface area contributed by atoms with Gasteiger partial charge in [0.2, 0.25) is 0 Å². The third kappa shape index (κ3) is 8.17. The van der Waals surface area contributed by atoms with E-state index in [2.05, 4.69) is 10.1 Å². The Bertz CT molecular complexity index is 1520. The number of rotatable bonds is 11. The van der Waals surface area contributed by atoms with Crippen LogP contribution < -0.4 is 0 Å². The molecule has 0 amide bonds. The summed E-state index contributed by atoms with van der Waals surface area (Å²) < 4.78 is 73.1. The maximum Gasteiger partial charge on any atom is 0.470 e. The molecule has 0 spiro atoms. The zero-order valence-corrected chi connectivity index (χ0v) is 23.8. The Morgan fingerprint density at radius 3 is 2.60 bits per heavy atom. The van der Waals surface area contributed by atoms with E-state index in [0.29, 0.717) is 11.6 Å². The second-order valence-corrected chi connectivity index (χ2v) is 12.0. The second-order valence-electron chi connectivity index (χ2n) is 9.22. The molecule has 2 atom stereocenters. The number of hydrogen-bond acceptors (Lipinski definition) is 8. The first-order chi connectivity index (χ1) is 20.0. The summed E-state index contributed by atoms with van der Waals surface area (Å²) in [5, 5.41) is 11.6. The monoisotopic (exact) mass is 622 g/mol. The van der Waals surface area contributed by atoms with Gasteiger partial charge in [-0.15, -0.1) is 11.8 Å². The average Bonchev–Trinajstić information content (AvgIpc) is 3.44. The SMILES string of the molecule is CC(SC1COC(/C=C/C=C/c2ccc(C#N)cc2F)OC1)[C@@](Cn1cncn1)(OP(=O)(O)O)c1ccc(F)cc1F. The van der Waals surface area contributed by atoms with Crippen LogP contribution in [-0.2, 0) is 30.7 Å². The van der Waals surface area contributed by atoms with Gasteiger partial charge in [0, 0.05) is 22.4 Å². The third-order valence-electron chi connectivity index (χ3n) is 6.26. The molecule has 0 radical (unpaired) electrons. The number of phosphoric acid groups is 1. The number of phosphoric ester groups is 1. The minimum atomic E-state index is -5.22. The lowest BCUT2D eigenvalue weighted by Crippen LogP contribution is -2.45. The predicted molar refractivity (Wildman–Crippen MR) is 147 cm³/mol. The van der Waals surface area contributed by atoms with Crippen LogP contribution in [0.5, 0.6) is 0 Å². The van der Waals surface area contributed by atoms with Gasteiger partial charge in [-0.25, -0.2) is 27.4 Å². The standard InChI is InChI=1S/C27H26F3N4O6PS/c1-18(27(40-41(35,36)37,15-34-17-32-16-33-34)23-9-8-21(28)11-25(23)30)42-22-13-38-26(39-14-22)5-3-2-4-20-7-6-19(12-31)10-24(20)29/h2-11,16-18,22,26H,13-15H2,1H3,(H2,35,36,37)/b4-2+,5-3+/t18?,22?,26?,27-/m1/s1. The molecule has 0 bridgehead atoms. The van der Waals surface area contributed by atoms with Crippen LogP contribution in [0.15, 0.2) is 67.3 Å². The van der Waals surface area contributed by atoms with Crippen LogP contribution in [0.1, 0.15) is 23.6 Å². The Labute approximate surface area is 243 Å². The second kappa shape index (κ2) is 13.8. The Morgan fingerprint density at radius 2 is 1.98 bits per heavy atom. The fourth-order valence-corrected chi connectivity index (χ4v) is 6.49. The molecule has 1 unspecified atom stereocenters. The summed E-state index contributed by atoms with van der Waals surface area (Å²) in [6.07, 6.45) is 8.12. The molecule has 222 valence electrons. The first kappa shape index (κ1) is 31.7. The quantitative estimate of drug-likeness (QED) is 0.228. The van der Waals surface area contributed by atoms with Gasteiger partial charge in [-0.05, 0) is 24.3 Å². The molecule has 10 nitrogen and oxygen atoms in total. The van der Waals surface area contributed by atoms with Crippen molar-refractivity contribution in [3.63, 3.8) is 0 Å². The summed E-state index contributed by atoms with van der Waals surface area (Å²) >= 11 is 1.19. The molecule has 1 aliphatic heterocycles. The average molecular weight is 623 g/mol. The van der Waals surface area contributed by atoms with Crippen LogP contribution in [0.3, 0.4) is 0 Å². The van der Waals surface area contributed by atoms with Crippen LogP contribution in [0.25, 0.3) is 6.08 Å². The van der Waals surface area contributed by atoms with Gasteiger partial charge < -0.3 is 19.3 Å². The normalized spacial score (nSPS) is 20.0.